The molecule has 0 heterocycles. The quantitative estimate of drug-likeness (QED) is 0.880. The van der Waals surface area contributed by atoms with Crippen molar-refractivity contribution in [2.75, 3.05) is 0 Å². The van der Waals surface area contributed by atoms with Gasteiger partial charge in [-0.25, -0.2) is 8.78 Å². The zero-order chi connectivity index (χ0) is 13.7. The SMILES string of the molecule is N[C@@H](CC(F)F)c1cccc(Oc2ccccc2)c1. The molecule has 0 saturated heterocycles. The zero-order valence-electron chi connectivity index (χ0n) is 10.3. The smallest absolute Gasteiger partial charge is 0.240 e. The Morgan fingerprint density at radius 2 is 1.63 bits per heavy atom. The number of rotatable bonds is 5. The molecule has 2 nitrogen and oxygen atoms in total. The summed E-state index contributed by atoms with van der Waals surface area (Å²) in [6.07, 6.45) is -2.76. The normalized spacial score (nSPS) is 12.4. The summed E-state index contributed by atoms with van der Waals surface area (Å²) in [7, 11) is 0. The third-order valence-corrected chi connectivity index (χ3v) is 2.70. The summed E-state index contributed by atoms with van der Waals surface area (Å²) in [4.78, 5) is 0. The van der Waals surface area contributed by atoms with Gasteiger partial charge < -0.3 is 10.5 Å². The molecule has 0 aromatic heterocycles. The van der Waals surface area contributed by atoms with E-state index in [1.165, 1.54) is 0 Å². The summed E-state index contributed by atoms with van der Waals surface area (Å²) in [5.74, 6) is 1.29. The molecule has 0 unspecified atom stereocenters. The molecule has 2 aromatic carbocycles. The molecular weight excluding hydrogens is 248 g/mol. The van der Waals surface area contributed by atoms with Crippen molar-refractivity contribution in [3.63, 3.8) is 0 Å². The number of hydrogen-bond acceptors (Lipinski definition) is 2. The van der Waals surface area contributed by atoms with Gasteiger partial charge in [0.15, 0.2) is 0 Å². The molecule has 0 spiro atoms. The zero-order valence-corrected chi connectivity index (χ0v) is 10.3. The number of alkyl halides is 2. The van der Waals surface area contributed by atoms with Crippen LogP contribution < -0.4 is 10.5 Å². The fourth-order valence-electron chi connectivity index (χ4n) is 1.76. The van der Waals surface area contributed by atoms with E-state index < -0.39 is 12.5 Å². The number of para-hydroxylation sites is 1. The Morgan fingerprint density at radius 3 is 2.32 bits per heavy atom. The minimum Gasteiger partial charge on any atom is -0.457 e. The first-order chi connectivity index (χ1) is 9.15. The Hall–Kier alpha value is -1.94. The first kappa shape index (κ1) is 13.5. The van der Waals surface area contributed by atoms with Crippen LogP contribution in [0.3, 0.4) is 0 Å². The topological polar surface area (TPSA) is 35.2 Å². The van der Waals surface area contributed by atoms with Crippen molar-refractivity contribution in [3.05, 3.63) is 60.2 Å². The molecule has 100 valence electrons. The molecule has 0 fully saturated rings. The number of hydrogen-bond donors (Lipinski definition) is 1. The van der Waals surface area contributed by atoms with E-state index in [0.29, 0.717) is 17.1 Å². The van der Waals surface area contributed by atoms with Crippen LogP contribution in [0.15, 0.2) is 54.6 Å². The maximum absolute atomic E-state index is 12.3. The van der Waals surface area contributed by atoms with E-state index in [9.17, 15) is 8.78 Å². The van der Waals surface area contributed by atoms with Gasteiger partial charge in [-0.1, -0.05) is 30.3 Å². The van der Waals surface area contributed by atoms with Crippen molar-refractivity contribution >= 4 is 0 Å². The van der Waals surface area contributed by atoms with E-state index in [1.807, 2.05) is 30.3 Å². The molecule has 2 rings (SSSR count). The largest absolute Gasteiger partial charge is 0.457 e. The second-order valence-corrected chi connectivity index (χ2v) is 4.22. The summed E-state index contributed by atoms with van der Waals surface area (Å²) in [5.41, 5.74) is 6.37. The molecule has 2 N–H and O–H groups in total. The molecular formula is C15H15F2NO. The van der Waals surface area contributed by atoms with E-state index in [1.54, 1.807) is 24.3 Å². The predicted octanol–water partition coefficient (Wildman–Crippen LogP) is 4.13. The number of nitrogens with two attached hydrogens (primary N) is 1. The fraction of sp³-hybridized carbons (Fsp3) is 0.200. The summed E-state index contributed by atoms with van der Waals surface area (Å²) in [5, 5.41) is 0. The van der Waals surface area contributed by atoms with Gasteiger partial charge in [0, 0.05) is 12.5 Å². The highest BCUT2D eigenvalue weighted by molar-refractivity contribution is 5.34. The summed E-state index contributed by atoms with van der Waals surface area (Å²) < 4.78 is 30.2. The van der Waals surface area contributed by atoms with Crippen molar-refractivity contribution < 1.29 is 13.5 Å². The predicted molar refractivity (Wildman–Crippen MR) is 70.5 cm³/mol. The minimum absolute atomic E-state index is 0.352. The molecule has 0 amide bonds. The van der Waals surface area contributed by atoms with Crippen molar-refractivity contribution in [1.29, 1.82) is 0 Å². The fourth-order valence-corrected chi connectivity index (χ4v) is 1.76. The lowest BCUT2D eigenvalue weighted by atomic mass is 10.0. The van der Waals surface area contributed by atoms with Crippen molar-refractivity contribution in [2.24, 2.45) is 5.73 Å². The average molecular weight is 263 g/mol. The highest BCUT2D eigenvalue weighted by Crippen LogP contribution is 2.25. The van der Waals surface area contributed by atoms with Gasteiger partial charge in [-0.05, 0) is 29.8 Å². The standard InChI is InChI=1S/C15H15F2NO/c16-15(17)10-14(18)11-5-4-8-13(9-11)19-12-6-2-1-3-7-12/h1-9,14-15H,10,18H2/t14-/m0/s1. The molecule has 0 bridgehead atoms. The van der Waals surface area contributed by atoms with Crippen LogP contribution in [0.5, 0.6) is 11.5 Å². The van der Waals surface area contributed by atoms with Crippen molar-refractivity contribution in [3.8, 4) is 11.5 Å². The van der Waals surface area contributed by atoms with Crippen LogP contribution in [0, 0.1) is 0 Å². The van der Waals surface area contributed by atoms with E-state index >= 15 is 0 Å². The number of halogens is 2. The molecule has 1 atom stereocenters. The Balaban J connectivity index is 2.11. The number of benzene rings is 2. The first-order valence-electron chi connectivity index (χ1n) is 6.02. The molecule has 0 aliphatic rings. The third kappa shape index (κ3) is 4.03. The summed E-state index contributed by atoms with van der Waals surface area (Å²) in [6, 6.07) is 15.5. The van der Waals surface area contributed by atoms with Gasteiger partial charge in [-0.3, -0.25) is 0 Å². The minimum atomic E-state index is -2.41. The second kappa shape index (κ2) is 6.29. The van der Waals surface area contributed by atoms with Crippen LogP contribution in [0.4, 0.5) is 8.78 Å². The summed E-state index contributed by atoms with van der Waals surface area (Å²) >= 11 is 0. The first-order valence-corrected chi connectivity index (χ1v) is 6.02. The lowest BCUT2D eigenvalue weighted by Crippen LogP contribution is -2.13. The molecule has 0 aliphatic heterocycles. The van der Waals surface area contributed by atoms with Crippen LogP contribution in [0.2, 0.25) is 0 Å². The molecule has 0 aliphatic carbocycles. The van der Waals surface area contributed by atoms with Gasteiger partial charge >= 0.3 is 0 Å². The van der Waals surface area contributed by atoms with Gasteiger partial charge in [-0.15, -0.1) is 0 Å². The van der Waals surface area contributed by atoms with Crippen LogP contribution in [0.25, 0.3) is 0 Å². The second-order valence-electron chi connectivity index (χ2n) is 4.22. The maximum Gasteiger partial charge on any atom is 0.240 e. The van der Waals surface area contributed by atoms with Gasteiger partial charge in [0.25, 0.3) is 0 Å². The van der Waals surface area contributed by atoms with Crippen LogP contribution >= 0.6 is 0 Å². The van der Waals surface area contributed by atoms with Crippen molar-refractivity contribution in [1.82, 2.24) is 0 Å². The van der Waals surface area contributed by atoms with Gasteiger partial charge in [0.1, 0.15) is 11.5 Å². The third-order valence-electron chi connectivity index (χ3n) is 2.70. The monoisotopic (exact) mass is 263 g/mol. The lowest BCUT2D eigenvalue weighted by Gasteiger charge is -2.13. The molecule has 0 saturated carbocycles. The molecule has 4 heteroatoms. The average Bonchev–Trinajstić information content (AvgIpc) is 2.39. The highest BCUT2D eigenvalue weighted by atomic mass is 19.3. The highest BCUT2D eigenvalue weighted by Gasteiger charge is 2.13. The van der Waals surface area contributed by atoms with Gasteiger partial charge in [-0.2, -0.15) is 0 Å². The Bertz CT molecular complexity index is 517. The van der Waals surface area contributed by atoms with E-state index in [0.717, 1.165) is 0 Å². The van der Waals surface area contributed by atoms with Gasteiger partial charge in [0.05, 0.1) is 0 Å². The Labute approximate surface area is 110 Å². The van der Waals surface area contributed by atoms with E-state index in [-0.39, 0.29) is 6.42 Å². The Morgan fingerprint density at radius 1 is 0.947 bits per heavy atom. The van der Waals surface area contributed by atoms with Crippen molar-refractivity contribution in [2.45, 2.75) is 18.9 Å². The Kier molecular flexibility index (Phi) is 4.47. The molecule has 2 aromatic rings. The maximum atomic E-state index is 12.3. The van der Waals surface area contributed by atoms with E-state index in [2.05, 4.69) is 0 Å². The van der Waals surface area contributed by atoms with Crippen LogP contribution in [0.1, 0.15) is 18.0 Å². The molecule has 19 heavy (non-hydrogen) atoms. The van der Waals surface area contributed by atoms with E-state index in [4.69, 9.17) is 10.5 Å². The lowest BCUT2D eigenvalue weighted by molar-refractivity contribution is 0.128. The number of ether oxygens (including phenoxy) is 1. The van der Waals surface area contributed by atoms with Crippen LogP contribution in [-0.2, 0) is 0 Å². The van der Waals surface area contributed by atoms with Crippen LogP contribution in [-0.4, -0.2) is 6.43 Å². The van der Waals surface area contributed by atoms with Gasteiger partial charge in [0.2, 0.25) is 6.43 Å². The summed E-state index contributed by atoms with van der Waals surface area (Å²) in [6.45, 7) is 0. The molecule has 0 radical (unpaired) electrons.